The number of halogens is 4. The number of fused-ring (bicyclic) bond motifs is 5. The summed E-state index contributed by atoms with van der Waals surface area (Å²) in [6, 6.07) is 3.31. The summed E-state index contributed by atoms with van der Waals surface area (Å²) in [7, 11) is 0. The molecule has 6 nitrogen and oxygen atoms in total. The van der Waals surface area contributed by atoms with E-state index in [0.717, 1.165) is 6.08 Å². The highest BCUT2D eigenvalue weighted by atomic mass is 35.5. The summed E-state index contributed by atoms with van der Waals surface area (Å²) in [4.78, 5) is 31.1. The lowest BCUT2D eigenvalue weighted by molar-refractivity contribution is -0.127. The van der Waals surface area contributed by atoms with Gasteiger partial charge < -0.3 is 10.2 Å². The molecule has 1 fully saturated rings. The van der Waals surface area contributed by atoms with E-state index >= 15 is 8.78 Å². The molecule has 2 atom stereocenters. The van der Waals surface area contributed by atoms with Crippen molar-refractivity contribution in [3.8, 4) is 0 Å². The molecule has 170 valence electrons. The van der Waals surface area contributed by atoms with Gasteiger partial charge in [0, 0.05) is 36.3 Å². The van der Waals surface area contributed by atoms with Crippen LogP contribution in [0.4, 0.5) is 14.5 Å². The Morgan fingerprint density at radius 1 is 1.39 bits per heavy atom. The summed E-state index contributed by atoms with van der Waals surface area (Å²) in [6.45, 7) is 5.68. The highest BCUT2D eigenvalue weighted by Gasteiger charge is 2.54. The summed E-state index contributed by atoms with van der Waals surface area (Å²) in [5, 5.41) is 3.45. The molecule has 1 N–H and O–H groups in total. The molecule has 0 radical (unpaired) electrons. The quantitative estimate of drug-likeness (QED) is 0.423. The van der Waals surface area contributed by atoms with Crippen LogP contribution in [0.5, 0.6) is 0 Å². The smallest absolute Gasteiger partial charge is 0.261 e. The lowest BCUT2D eigenvalue weighted by atomic mass is 9.81. The van der Waals surface area contributed by atoms with Crippen LogP contribution >= 0.6 is 23.2 Å². The van der Waals surface area contributed by atoms with Gasteiger partial charge in [0.25, 0.3) is 5.56 Å². The summed E-state index contributed by atoms with van der Waals surface area (Å²) >= 11 is 12.6. The van der Waals surface area contributed by atoms with E-state index in [9.17, 15) is 9.59 Å². The second-order valence-electron chi connectivity index (χ2n) is 8.20. The molecule has 5 rings (SSSR count). The summed E-state index contributed by atoms with van der Waals surface area (Å²) in [6.07, 6.45) is 2.56. The first-order valence-electron chi connectivity index (χ1n) is 10.3. The number of aromatic nitrogens is 2. The van der Waals surface area contributed by atoms with Crippen molar-refractivity contribution in [2.75, 3.05) is 11.9 Å². The molecule has 0 saturated carbocycles. The second kappa shape index (κ2) is 7.53. The summed E-state index contributed by atoms with van der Waals surface area (Å²) in [5.74, 6) is -1.75. The number of carbonyl (C=O) groups excluding carboxylic acids is 1. The SMILES string of the molecule is C=CC(=O)N1C[C@@]2(c3c(F)ccc(Cl)c3Cl)CC1c1c(cc3c(=O)n(CC)cnc3c1F)N2. The van der Waals surface area contributed by atoms with E-state index in [1.54, 1.807) is 6.92 Å². The van der Waals surface area contributed by atoms with E-state index in [2.05, 4.69) is 16.9 Å². The molecule has 2 aromatic carbocycles. The van der Waals surface area contributed by atoms with Gasteiger partial charge in [-0.25, -0.2) is 13.8 Å². The average Bonchev–Trinajstić information content (AvgIpc) is 3.10. The van der Waals surface area contributed by atoms with Crippen LogP contribution in [-0.4, -0.2) is 26.9 Å². The molecule has 0 spiro atoms. The molecule has 2 bridgehead atoms. The van der Waals surface area contributed by atoms with Crippen LogP contribution in [0.15, 0.2) is 42.0 Å². The Morgan fingerprint density at radius 2 is 2.15 bits per heavy atom. The maximum absolute atomic E-state index is 15.8. The van der Waals surface area contributed by atoms with Crippen molar-refractivity contribution < 1.29 is 13.6 Å². The topological polar surface area (TPSA) is 67.2 Å². The zero-order valence-corrected chi connectivity index (χ0v) is 19.0. The Balaban J connectivity index is 1.81. The van der Waals surface area contributed by atoms with Crippen LogP contribution in [0.25, 0.3) is 10.9 Å². The maximum Gasteiger partial charge on any atom is 0.261 e. The minimum absolute atomic E-state index is 0.00338. The first-order valence-corrected chi connectivity index (χ1v) is 11.0. The number of aryl methyl sites for hydroxylation is 1. The third kappa shape index (κ3) is 3.00. The molecule has 1 unspecified atom stereocenters. The van der Waals surface area contributed by atoms with Gasteiger partial charge in [0.05, 0.1) is 33.3 Å². The molecule has 3 aromatic rings. The molecule has 2 aliphatic heterocycles. The van der Waals surface area contributed by atoms with E-state index in [0.29, 0.717) is 6.54 Å². The number of hydrogen-bond donors (Lipinski definition) is 1. The molecule has 33 heavy (non-hydrogen) atoms. The number of nitrogens with zero attached hydrogens (tertiary/aromatic N) is 3. The number of hydrogen-bond acceptors (Lipinski definition) is 4. The monoisotopic (exact) mass is 490 g/mol. The van der Waals surface area contributed by atoms with Crippen LogP contribution < -0.4 is 10.9 Å². The summed E-state index contributed by atoms with van der Waals surface area (Å²) in [5.41, 5.74) is -1.12. The number of rotatable bonds is 3. The molecule has 2 aliphatic rings. The highest BCUT2D eigenvalue weighted by molar-refractivity contribution is 6.42. The third-order valence-electron chi connectivity index (χ3n) is 6.48. The van der Waals surface area contributed by atoms with Crippen molar-refractivity contribution >= 4 is 45.7 Å². The first kappa shape index (κ1) is 21.9. The van der Waals surface area contributed by atoms with Gasteiger partial charge in [-0.1, -0.05) is 29.8 Å². The van der Waals surface area contributed by atoms with Gasteiger partial charge >= 0.3 is 0 Å². The number of likely N-dealkylation sites (tertiary alicyclic amines) is 1. The maximum atomic E-state index is 15.8. The van der Waals surface area contributed by atoms with E-state index in [1.807, 2.05) is 0 Å². The number of anilines is 1. The van der Waals surface area contributed by atoms with Crippen LogP contribution in [0.1, 0.15) is 30.5 Å². The molecule has 1 saturated heterocycles. The van der Waals surface area contributed by atoms with E-state index in [4.69, 9.17) is 23.2 Å². The zero-order chi connectivity index (χ0) is 23.7. The number of carbonyl (C=O) groups is 1. The molecule has 1 amide bonds. The number of benzene rings is 2. The van der Waals surface area contributed by atoms with Gasteiger partial charge in [-0.3, -0.25) is 14.2 Å². The number of nitrogens with one attached hydrogen (secondary N) is 1. The van der Waals surface area contributed by atoms with Crippen LogP contribution in [0, 0.1) is 11.6 Å². The van der Waals surface area contributed by atoms with Gasteiger partial charge in [0.2, 0.25) is 5.91 Å². The second-order valence-corrected chi connectivity index (χ2v) is 8.98. The fourth-order valence-corrected chi connectivity index (χ4v) is 5.49. The molecular formula is C23H18Cl2F2N4O2. The van der Waals surface area contributed by atoms with Gasteiger partial charge in [-0.05, 0) is 31.2 Å². The standard InChI is InChI=1S/C23H18Cl2F2N4O2/c1-3-16(32)31-9-23(18-13(26)6-5-12(24)19(18)25)8-15(31)17-14(29-23)7-11-21(20(17)27)28-10-30(4-2)22(11)33/h3,5-7,10,15,29H,1,4,8-9H2,2H3/t15?,23-/m1/s1. The number of amides is 1. The fourth-order valence-electron chi connectivity index (χ4n) is 5.00. The predicted molar refractivity (Wildman–Crippen MR) is 123 cm³/mol. The Hall–Kier alpha value is -2.97. The first-order chi connectivity index (χ1) is 15.7. The average molecular weight is 491 g/mol. The van der Waals surface area contributed by atoms with Crippen molar-refractivity contribution in [2.24, 2.45) is 0 Å². The van der Waals surface area contributed by atoms with Crippen molar-refractivity contribution in [3.05, 3.63) is 80.3 Å². The van der Waals surface area contributed by atoms with E-state index in [1.165, 1.54) is 34.0 Å². The van der Waals surface area contributed by atoms with Crippen molar-refractivity contribution in [2.45, 2.75) is 31.5 Å². The lowest BCUT2D eigenvalue weighted by Crippen LogP contribution is -2.41. The van der Waals surface area contributed by atoms with Gasteiger partial charge in [-0.15, -0.1) is 0 Å². The minimum Gasteiger partial charge on any atom is -0.373 e. The van der Waals surface area contributed by atoms with Crippen LogP contribution in [-0.2, 0) is 16.9 Å². The van der Waals surface area contributed by atoms with Crippen LogP contribution in [0.3, 0.4) is 0 Å². The molecule has 3 heterocycles. The lowest BCUT2D eigenvalue weighted by Gasteiger charge is -2.36. The molecule has 0 aliphatic carbocycles. The minimum atomic E-state index is -1.19. The Bertz CT molecular complexity index is 1420. The highest BCUT2D eigenvalue weighted by Crippen LogP contribution is 2.55. The predicted octanol–water partition coefficient (Wildman–Crippen LogP) is 4.78. The van der Waals surface area contributed by atoms with Gasteiger partial charge in [0.15, 0.2) is 5.82 Å². The Morgan fingerprint density at radius 3 is 2.85 bits per heavy atom. The summed E-state index contributed by atoms with van der Waals surface area (Å²) < 4.78 is 32.2. The molecular weight excluding hydrogens is 473 g/mol. The largest absolute Gasteiger partial charge is 0.373 e. The normalized spacial score (nSPS) is 21.1. The van der Waals surface area contributed by atoms with Gasteiger partial charge in [-0.2, -0.15) is 0 Å². The molecule has 10 heteroatoms. The van der Waals surface area contributed by atoms with Gasteiger partial charge in [0.1, 0.15) is 11.3 Å². The Kier molecular flexibility index (Phi) is 4.99. The Labute approximate surface area is 197 Å². The van der Waals surface area contributed by atoms with Crippen LogP contribution in [0.2, 0.25) is 10.0 Å². The van der Waals surface area contributed by atoms with E-state index in [-0.39, 0.29) is 50.7 Å². The van der Waals surface area contributed by atoms with Crippen molar-refractivity contribution in [3.63, 3.8) is 0 Å². The molecule has 1 aromatic heterocycles. The third-order valence-corrected chi connectivity index (χ3v) is 7.29. The fraction of sp³-hybridized carbons (Fsp3) is 0.261. The zero-order valence-electron chi connectivity index (χ0n) is 17.5. The van der Waals surface area contributed by atoms with E-state index < -0.39 is 34.7 Å². The van der Waals surface area contributed by atoms with Crippen molar-refractivity contribution in [1.82, 2.24) is 14.5 Å². The van der Waals surface area contributed by atoms with Crippen molar-refractivity contribution in [1.29, 1.82) is 0 Å².